The van der Waals surface area contributed by atoms with Gasteiger partial charge in [0.15, 0.2) is 5.96 Å². The van der Waals surface area contributed by atoms with Crippen molar-refractivity contribution in [2.45, 2.75) is 4.90 Å². The van der Waals surface area contributed by atoms with Crippen LogP contribution in [-0.4, -0.2) is 75.0 Å². The topological polar surface area (TPSA) is 188 Å². The predicted molar refractivity (Wildman–Crippen MR) is 182 cm³/mol. The highest BCUT2D eigenvalue weighted by Gasteiger charge is 2.38. The van der Waals surface area contributed by atoms with Gasteiger partial charge in [0.05, 0.1) is 11.4 Å². The van der Waals surface area contributed by atoms with Crippen molar-refractivity contribution in [3.8, 4) is 0 Å². The van der Waals surface area contributed by atoms with Gasteiger partial charge in [0.1, 0.15) is 24.6 Å². The van der Waals surface area contributed by atoms with Crippen molar-refractivity contribution in [2.24, 2.45) is 19.8 Å². The molecule has 1 aromatic carbocycles. The lowest BCUT2D eigenvalue weighted by molar-refractivity contribution is -0.849. The van der Waals surface area contributed by atoms with Crippen LogP contribution in [0.25, 0.3) is 5.57 Å². The molecule has 16 heteroatoms. The van der Waals surface area contributed by atoms with E-state index in [-0.39, 0.29) is 34.4 Å². The fourth-order valence-electron chi connectivity index (χ4n) is 4.79. The fraction of sp³-hybridized carbons (Fsp3) is 0.233. The highest BCUT2D eigenvalue weighted by Crippen LogP contribution is 2.32. The summed E-state index contributed by atoms with van der Waals surface area (Å²) in [5, 5.41) is 19.0. The number of rotatable bonds is 14. The Labute approximate surface area is 278 Å². The number of alkyl halides is 1. The highest BCUT2D eigenvalue weighted by atomic mass is 79.9. The first-order chi connectivity index (χ1) is 21.9. The summed E-state index contributed by atoms with van der Waals surface area (Å²) < 4.78 is 2.91. The van der Waals surface area contributed by atoms with Gasteiger partial charge in [-0.15, -0.1) is 11.8 Å². The van der Waals surface area contributed by atoms with Gasteiger partial charge in [-0.25, -0.2) is 0 Å². The molecule has 4 amide bonds. The SMILES string of the molecule is Cn1cc(NC(=O)c2cc(NC(=O)C3=CC(c4ccc(SCCBr)cc4)=C[N+]3(C)NC=O)cn2C)cc1C(=O)NCCNC(=N)N. The van der Waals surface area contributed by atoms with Crippen LogP contribution in [-0.2, 0) is 23.7 Å². The lowest BCUT2D eigenvalue weighted by Gasteiger charge is -2.25. The van der Waals surface area contributed by atoms with Crippen molar-refractivity contribution in [1.82, 2.24) is 25.2 Å². The Bertz CT molecular complexity index is 1710. The molecule has 0 bridgehead atoms. The number of halogens is 1. The summed E-state index contributed by atoms with van der Waals surface area (Å²) in [5.74, 6) is -0.499. The summed E-state index contributed by atoms with van der Waals surface area (Å²) in [7, 11) is 5.04. The van der Waals surface area contributed by atoms with Gasteiger partial charge in [0.25, 0.3) is 18.2 Å². The second-order valence-electron chi connectivity index (χ2n) is 10.5. The number of benzene rings is 1. The smallest absolute Gasteiger partial charge is 0.312 e. The predicted octanol–water partition coefficient (Wildman–Crippen LogP) is 2.30. The molecule has 46 heavy (non-hydrogen) atoms. The molecule has 1 aliphatic rings. The van der Waals surface area contributed by atoms with Gasteiger partial charge < -0.3 is 36.1 Å². The van der Waals surface area contributed by atoms with Crippen LogP contribution in [0.5, 0.6) is 0 Å². The molecule has 14 nitrogen and oxygen atoms in total. The second kappa shape index (κ2) is 15.0. The van der Waals surface area contributed by atoms with E-state index in [1.807, 2.05) is 24.3 Å². The first-order valence-electron chi connectivity index (χ1n) is 14.1. The average molecular weight is 713 g/mol. The van der Waals surface area contributed by atoms with Gasteiger partial charge in [-0.3, -0.25) is 24.6 Å². The Balaban J connectivity index is 1.44. The average Bonchev–Trinajstić information content (AvgIpc) is 3.68. The van der Waals surface area contributed by atoms with Gasteiger partial charge in [-0.2, -0.15) is 10.0 Å². The van der Waals surface area contributed by atoms with E-state index in [1.165, 1.54) is 6.07 Å². The first-order valence-corrected chi connectivity index (χ1v) is 16.2. The molecule has 2 aromatic heterocycles. The van der Waals surface area contributed by atoms with Gasteiger partial charge in [-0.05, 0) is 29.8 Å². The number of aromatic nitrogens is 2. The number of allylic oxidation sites excluding steroid dienone is 2. The molecular weight excluding hydrogens is 676 g/mol. The highest BCUT2D eigenvalue weighted by molar-refractivity contribution is 9.09. The number of anilines is 2. The van der Waals surface area contributed by atoms with Crippen molar-refractivity contribution >= 4 is 74.7 Å². The summed E-state index contributed by atoms with van der Waals surface area (Å²) in [6, 6.07) is 11.1. The number of aryl methyl sites for hydroxylation is 2. The quantitative estimate of drug-likeness (QED) is 0.0254. The largest absolute Gasteiger partial charge is 0.370 e. The number of guanidine groups is 1. The maximum absolute atomic E-state index is 13.5. The van der Waals surface area contributed by atoms with Gasteiger partial charge >= 0.3 is 5.91 Å². The number of carbonyl (C=O) groups excluding carboxylic acids is 4. The van der Waals surface area contributed by atoms with E-state index in [0.29, 0.717) is 30.0 Å². The van der Waals surface area contributed by atoms with E-state index in [9.17, 15) is 19.2 Å². The van der Waals surface area contributed by atoms with Crippen LogP contribution in [0.4, 0.5) is 11.4 Å². The van der Waals surface area contributed by atoms with E-state index < -0.39 is 11.8 Å². The van der Waals surface area contributed by atoms with Crippen molar-refractivity contribution in [2.75, 3.05) is 41.9 Å². The molecule has 0 saturated heterocycles. The zero-order valence-corrected chi connectivity index (χ0v) is 27.9. The molecule has 3 heterocycles. The van der Waals surface area contributed by atoms with Crippen LogP contribution >= 0.6 is 27.7 Å². The minimum Gasteiger partial charge on any atom is -0.370 e. The molecule has 242 valence electrons. The number of nitrogens with zero attached hydrogens (tertiary/aromatic N) is 3. The van der Waals surface area contributed by atoms with Crippen molar-refractivity contribution < 1.29 is 23.8 Å². The Morgan fingerprint density at radius 2 is 1.54 bits per heavy atom. The number of carbonyl (C=O) groups is 4. The third-order valence-corrected chi connectivity index (χ3v) is 8.93. The van der Waals surface area contributed by atoms with Gasteiger partial charge in [0, 0.05) is 67.2 Å². The molecule has 4 rings (SSSR count). The van der Waals surface area contributed by atoms with Crippen molar-refractivity contribution in [1.29, 1.82) is 5.41 Å². The summed E-state index contributed by atoms with van der Waals surface area (Å²) in [5.41, 5.74) is 11.3. The van der Waals surface area contributed by atoms with E-state index in [1.54, 1.807) is 72.8 Å². The van der Waals surface area contributed by atoms with Crippen LogP contribution in [0.2, 0.25) is 0 Å². The summed E-state index contributed by atoms with van der Waals surface area (Å²) in [6.45, 7) is 0.554. The number of quaternary nitrogens is 1. The van der Waals surface area contributed by atoms with Crippen LogP contribution < -0.4 is 32.4 Å². The standard InChI is InChI=1S/C30H35BrN10O4S/c1-39-15-21(13-24(39)27(43)34-9-10-35-30(32)33)37-28(44)25-14-22(16-40(25)2)38-29(45)26-12-20(17-41(26,3)36-18-42)19-4-6-23(7-5-19)46-11-8-31/h4-7,12-18H,8-11H2,1-3H3,(H7-,32,33,34,35,36,37,38,42,43,44,45)/p+1. The number of hydrogen-bond donors (Lipinski definition) is 7. The fourth-order valence-corrected chi connectivity index (χ4v) is 5.92. The Morgan fingerprint density at radius 3 is 2.13 bits per heavy atom. The molecular formula is C30H36BrN10O4S+. The second-order valence-corrected chi connectivity index (χ2v) is 12.4. The number of likely N-dealkylation sites (N-methyl/N-ethyl adjacent to an activating group) is 1. The Hall–Kier alpha value is -4.80. The zero-order valence-electron chi connectivity index (χ0n) is 25.5. The molecule has 8 N–H and O–H groups in total. The van der Waals surface area contributed by atoms with E-state index >= 15 is 0 Å². The number of nitrogens with two attached hydrogens (primary N) is 1. The van der Waals surface area contributed by atoms with Crippen LogP contribution in [0.3, 0.4) is 0 Å². The first kappa shape index (κ1) is 34.1. The van der Waals surface area contributed by atoms with Crippen LogP contribution in [0.15, 0.2) is 71.7 Å². The van der Waals surface area contributed by atoms with E-state index in [4.69, 9.17) is 11.1 Å². The monoisotopic (exact) mass is 711 g/mol. The van der Waals surface area contributed by atoms with E-state index in [2.05, 4.69) is 42.6 Å². The van der Waals surface area contributed by atoms with E-state index in [0.717, 1.165) is 27.1 Å². The van der Waals surface area contributed by atoms with Gasteiger partial charge in [-0.1, -0.05) is 28.1 Å². The third-order valence-electron chi connectivity index (χ3n) is 6.99. The molecule has 0 aliphatic carbocycles. The molecule has 0 radical (unpaired) electrons. The summed E-state index contributed by atoms with van der Waals surface area (Å²) in [4.78, 5) is 51.8. The molecule has 0 spiro atoms. The van der Waals surface area contributed by atoms with Gasteiger partial charge in [0.2, 0.25) is 5.70 Å². The normalized spacial score (nSPS) is 15.4. The molecule has 1 unspecified atom stereocenters. The lowest BCUT2D eigenvalue weighted by atomic mass is 10.1. The summed E-state index contributed by atoms with van der Waals surface area (Å²) in [6.07, 6.45) is 7.27. The number of nitrogens with one attached hydrogen (secondary N) is 6. The molecule has 3 aromatic rings. The lowest BCUT2D eigenvalue weighted by Crippen LogP contribution is -2.50. The molecule has 0 fully saturated rings. The third kappa shape index (κ3) is 8.26. The molecule has 0 saturated carbocycles. The van der Waals surface area contributed by atoms with Crippen molar-refractivity contribution in [3.63, 3.8) is 0 Å². The summed E-state index contributed by atoms with van der Waals surface area (Å²) >= 11 is 5.17. The zero-order chi connectivity index (χ0) is 33.4. The minimum absolute atomic E-state index is 0.187. The van der Waals surface area contributed by atoms with Crippen molar-refractivity contribution in [3.05, 3.63) is 83.7 Å². The number of thioether (sulfide) groups is 1. The minimum atomic E-state index is -0.456. The van der Waals surface area contributed by atoms with Crippen LogP contribution in [0, 0.1) is 5.41 Å². The van der Waals surface area contributed by atoms with Crippen LogP contribution in [0.1, 0.15) is 26.5 Å². The molecule has 1 atom stereocenters. The Morgan fingerprint density at radius 1 is 0.957 bits per heavy atom. The number of hydrogen-bond acceptors (Lipinski definition) is 6. The number of amides is 4. The maximum Gasteiger partial charge on any atom is 0.312 e. The Kier molecular flexibility index (Phi) is 11.1. The maximum atomic E-state index is 13.5. The molecule has 1 aliphatic heterocycles.